The van der Waals surface area contributed by atoms with E-state index in [0.717, 1.165) is 19.4 Å². The fourth-order valence-electron chi connectivity index (χ4n) is 3.35. The van der Waals surface area contributed by atoms with E-state index in [4.69, 9.17) is 4.74 Å². The summed E-state index contributed by atoms with van der Waals surface area (Å²) < 4.78 is 5.48. The number of hydrogen-bond donors (Lipinski definition) is 2. The van der Waals surface area contributed by atoms with E-state index in [9.17, 15) is 5.11 Å². The molecule has 1 aliphatic heterocycles. The van der Waals surface area contributed by atoms with Crippen LogP contribution in [0.2, 0.25) is 0 Å². The van der Waals surface area contributed by atoms with Crippen LogP contribution in [0, 0.1) is 0 Å². The number of nitrogens with one attached hydrogen (secondary N) is 1. The van der Waals surface area contributed by atoms with Gasteiger partial charge in [-0.15, -0.1) is 0 Å². The van der Waals surface area contributed by atoms with Crippen molar-refractivity contribution in [1.82, 2.24) is 10.2 Å². The standard InChI is InChI=1S/C13H26N2O2/c1-14-13(10-16)6-5-11(8-13)15-7-3-4-12(9-15)17-2/h11-12,14,16H,3-10H2,1-2H3. The summed E-state index contributed by atoms with van der Waals surface area (Å²) in [5, 5.41) is 12.8. The van der Waals surface area contributed by atoms with Crippen LogP contribution in [-0.2, 0) is 4.74 Å². The average Bonchev–Trinajstić information content (AvgIpc) is 2.84. The molecule has 3 atom stereocenters. The molecule has 1 aliphatic carbocycles. The van der Waals surface area contributed by atoms with Crippen LogP contribution < -0.4 is 5.32 Å². The molecule has 1 saturated heterocycles. The zero-order valence-corrected chi connectivity index (χ0v) is 11.1. The minimum atomic E-state index is -0.0370. The third kappa shape index (κ3) is 2.81. The monoisotopic (exact) mass is 242 g/mol. The molecule has 4 nitrogen and oxygen atoms in total. The third-order valence-corrected chi connectivity index (χ3v) is 4.67. The average molecular weight is 242 g/mol. The van der Waals surface area contributed by atoms with E-state index in [0.29, 0.717) is 12.1 Å². The summed E-state index contributed by atoms with van der Waals surface area (Å²) in [7, 11) is 3.78. The highest BCUT2D eigenvalue weighted by molar-refractivity contribution is 4.99. The van der Waals surface area contributed by atoms with Crippen molar-refractivity contribution in [2.45, 2.75) is 49.8 Å². The molecule has 0 aromatic carbocycles. The lowest BCUT2D eigenvalue weighted by molar-refractivity contribution is 0.0134. The summed E-state index contributed by atoms with van der Waals surface area (Å²) in [6.07, 6.45) is 6.17. The van der Waals surface area contributed by atoms with Crippen molar-refractivity contribution in [2.24, 2.45) is 0 Å². The van der Waals surface area contributed by atoms with Gasteiger partial charge < -0.3 is 15.2 Å². The molecule has 17 heavy (non-hydrogen) atoms. The maximum atomic E-state index is 9.53. The van der Waals surface area contributed by atoms with Gasteiger partial charge >= 0.3 is 0 Å². The molecule has 3 unspecified atom stereocenters. The van der Waals surface area contributed by atoms with Crippen molar-refractivity contribution in [3.8, 4) is 0 Å². The van der Waals surface area contributed by atoms with Gasteiger partial charge in [0.1, 0.15) is 0 Å². The van der Waals surface area contributed by atoms with Gasteiger partial charge in [-0.3, -0.25) is 4.90 Å². The van der Waals surface area contributed by atoms with Crippen LogP contribution in [0.15, 0.2) is 0 Å². The Morgan fingerprint density at radius 1 is 1.47 bits per heavy atom. The SMILES string of the molecule is CNC1(CO)CCC(N2CCCC(OC)C2)C1. The van der Waals surface area contributed by atoms with Gasteiger partial charge in [-0.2, -0.15) is 0 Å². The van der Waals surface area contributed by atoms with E-state index in [1.807, 2.05) is 14.2 Å². The molecule has 1 saturated carbocycles. The first-order valence-corrected chi connectivity index (χ1v) is 6.79. The molecule has 0 amide bonds. The fraction of sp³-hybridized carbons (Fsp3) is 1.00. The fourth-order valence-corrected chi connectivity index (χ4v) is 3.35. The number of aliphatic hydroxyl groups excluding tert-OH is 1. The van der Waals surface area contributed by atoms with Gasteiger partial charge in [-0.25, -0.2) is 0 Å². The van der Waals surface area contributed by atoms with Crippen molar-refractivity contribution in [3.05, 3.63) is 0 Å². The second-order valence-corrected chi connectivity index (χ2v) is 5.58. The molecule has 0 bridgehead atoms. The highest BCUT2D eigenvalue weighted by Gasteiger charge is 2.40. The topological polar surface area (TPSA) is 44.7 Å². The minimum absolute atomic E-state index is 0.0370. The number of methoxy groups -OCH3 is 1. The number of ether oxygens (including phenoxy) is 1. The lowest BCUT2D eigenvalue weighted by Crippen LogP contribution is -2.48. The zero-order valence-electron chi connectivity index (χ0n) is 11.1. The molecule has 100 valence electrons. The van der Waals surface area contributed by atoms with Crippen LogP contribution in [0.25, 0.3) is 0 Å². The number of likely N-dealkylation sites (tertiary alicyclic amines) is 1. The van der Waals surface area contributed by atoms with E-state index in [1.54, 1.807) is 0 Å². The molecule has 0 aromatic rings. The first kappa shape index (κ1) is 13.3. The van der Waals surface area contributed by atoms with Crippen LogP contribution in [0.5, 0.6) is 0 Å². The summed E-state index contributed by atoms with van der Waals surface area (Å²) in [6, 6.07) is 0.618. The van der Waals surface area contributed by atoms with Gasteiger partial charge in [0.2, 0.25) is 0 Å². The first-order chi connectivity index (χ1) is 8.23. The molecule has 0 aromatic heterocycles. The van der Waals surface area contributed by atoms with Crippen LogP contribution in [-0.4, -0.2) is 61.5 Å². The molecule has 1 heterocycles. The van der Waals surface area contributed by atoms with Gasteiger partial charge in [0.15, 0.2) is 0 Å². The summed E-state index contributed by atoms with van der Waals surface area (Å²) in [5.74, 6) is 0. The summed E-state index contributed by atoms with van der Waals surface area (Å²) >= 11 is 0. The van der Waals surface area contributed by atoms with Gasteiger partial charge in [0, 0.05) is 25.2 Å². The molecule has 0 radical (unpaired) electrons. The number of hydrogen-bond acceptors (Lipinski definition) is 4. The Hall–Kier alpha value is -0.160. The molecule has 2 fully saturated rings. The second-order valence-electron chi connectivity index (χ2n) is 5.58. The first-order valence-electron chi connectivity index (χ1n) is 6.79. The molecule has 2 aliphatic rings. The Balaban J connectivity index is 1.91. The van der Waals surface area contributed by atoms with Crippen LogP contribution in [0.1, 0.15) is 32.1 Å². The van der Waals surface area contributed by atoms with E-state index in [-0.39, 0.29) is 12.1 Å². The lowest BCUT2D eigenvalue weighted by atomic mass is 9.98. The van der Waals surface area contributed by atoms with Gasteiger partial charge in [-0.05, 0) is 45.7 Å². The predicted octanol–water partition coefficient (Wildman–Crippen LogP) is 0.600. The quantitative estimate of drug-likeness (QED) is 0.758. The maximum absolute atomic E-state index is 9.53. The van der Waals surface area contributed by atoms with Crippen LogP contribution >= 0.6 is 0 Å². The second kappa shape index (κ2) is 5.65. The highest BCUT2D eigenvalue weighted by Crippen LogP contribution is 2.34. The van der Waals surface area contributed by atoms with Crippen molar-refractivity contribution < 1.29 is 9.84 Å². The summed E-state index contributed by atoms with van der Waals surface area (Å²) in [6.45, 7) is 2.50. The number of rotatable bonds is 4. The van der Waals surface area contributed by atoms with E-state index in [1.165, 1.54) is 25.8 Å². The lowest BCUT2D eigenvalue weighted by Gasteiger charge is -2.37. The normalized spacial score (nSPS) is 39.7. The maximum Gasteiger partial charge on any atom is 0.0698 e. The van der Waals surface area contributed by atoms with Crippen molar-refractivity contribution in [2.75, 3.05) is 33.9 Å². The Morgan fingerprint density at radius 3 is 2.88 bits per heavy atom. The Morgan fingerprint density at radius 2 is 2.29 bits per heavy atom. The van der Waals surface area contributed by atoms with E-state index >= 15 is 0 Å². The summed E-state index contributed by atoms with van der Waals surface area (Å²) in [5.41, 5.74) is -0.0370. The molecule has 4 heteroatoms. The van der Waals surface area contributed by atoms with Crippen LogP contribution in [0.4, 0.5) is 0 Å². The highest BCUT2D eigenvalue weighted by atomic mass is 16.5. The van der Waals surface area contributed by atoms with Crippen molar-refractivity contribution in [3.63, 3.8) is 0 Å². The number of nitrogens with zero attached hydrogens (tertiary/aromatic N) is 1. The number of piperidine rings is 1. The van der Waals surface area contributed by atoms with E-state index < -0.39 is 0 Å². The molecule has 0 spiro atoms. The molecule has 2 N–H and O–H groups in total. The Bertz CT molecular complexity index is 244. The van der Waals surface area contributed by atoms with Gasteiger partial charge in [-0.1, -0.05) is 0 Å². The molecular weight excluding hydrogens is 216 g/mol. The third-order valence-electron chi connectivity index (χ3n) is 4.67. The Kier molecular flexibility index (Phi) is 4.42. The largest absolute Gasteiger partial charge is 0.394 e. The Labute approximate surface area is 104 Å². The smallest absolute Gasteiger partial charge is 0.0698 e. The van der Waals surface area contributed by atoms with Crippen LogP contribution in [0.3, 0.4) is 0 Å². The molecule has 2 rings (SSSR count). The number of likely N-dealkylation sites (N-methyl/N-ethyl adjacent to an activating group) is 1. The van der Waals surface area contributed by atoms with E-state index in [2.05, 4.69) is 10.2 Å². The predicted molar refractivity (Wildman–Crippen MR) is 68.1 cm³/mol. The zero-order chi connectivity index (χ0) is 12.3. The van der Waals surface area contributed by atoms with Gasteiger partial charge in [0.25, 0.3) is 0 Å². The minimum Gasteiger partial charge on any atom is -0.394 e. The van der Waals surface area contributed by atoms with Gasteiger partial charge in [0.05, 0.1) is 12.7 Å². The summed E-state index contributed by atoms with van der Waals surface area (Å²) in [4.78, 5) is 2.56. The van der Waals surface area contributed by atoms with Crippen molar-refractivity contribution >= 4 is 0 Å². The molecular formula is C13H26N2O2. The van der Waals surface area contributed by atoms with Crippen molar-refractivity contribution in [1.29, 1.82) is 0 Å². The number of aliphatic hydroxyl groups is 1.